The summed E-state index contributed by atoms with van der Waals surface area (Å²) in [6, 6.07) is 2.96. The van der Waals surface area contributed by atoms with Gasteiger partial charge in [0, 0.05) is 12.7 Å². The van der Waals surface area contributed by atoms with Crippen molar-refractivity contribution in [3.63, 3.8) is 0 Å². The summed E-state index contributed by atoms with van der Waals surface area (Å²) in [5, 5.41) is 9.29. The highest BCUT2D eigenvalue weighted by Crippen LogP contribution is 2.24. The van der Waals surface area contributed by atoms with Gasteiger partial charge in [-0.3, -0.25) is 9.59 Å². The number of aliphatic hydroxyl groups excluding tert-OH is 1. The van der Waals surface area contributed by atoms with E-state index in [4.69, 9.17) is 0 Å². The highest BCUT2D eigenvalue weighted by Gasteiger charge is 2.34. The summed E-state index contributed by atoms with van der Waals surface area (Å²) in [6.07, 6.45) is 2.36. The number of rotatable bonds is 2. The Morgan fingerprint density at radius 1 is 1.65 bits per heavy atom. The Kier molecular flexibility index (Phi) is 3.28. The summed E-state index contributed by atoms with van der Waals surface area (Å²) in [4.78, 5) is 27.8. The van der Waals surface area contributed by atoms with E-state index in [1.165, 1.54) is 12.3 Å². The standard InChI is InChI=1S/C12H16N2O3/c1-8-4-6-14(10(8)7-15)12(17)9-3-2-5-13-11(9)16/h2-3,5,8,10,15H,4,6-7H2,1H3,(H,13,16). The molecule has 1 saturated heterocycles. The number of likely N-dealkylation sites (tertiary alicyclic amines) is 1. The zero-order chi connectivity index (χ0) is 12.4. The number of nitrogens with zero attached hydrogens (tertiary/aromatic N) is 1. The van der Waals surface area contributed by atoms with Crippen molar-refractivity contribution in [1.82, 2.24) is 9.88 Å². The van der Waals surface area contributed by atoms with Crippen LogP contribution in [0.5, 0.6) is 0 Å². The molecule has 0 bridgehead atoms. The van der Waals surface area contributed by atoms with Gasteiger partial charge in [0.25, 0.3) is 11.5 Å². The Balaban J connectivity index is 2.27. The van der Waals surface area contributed by atoms with Crippen molar-refractivity contribution >= 4 is 5.91 Å². The van der Waals surface area contributed by atoms with Gasteiger partial charge in [0.05, 0.1) is 12.6 Å². The summed E-state index contributed by atoms with van der Waals surface area (Å²) in [5.41, 5.74) is -0.242. The average Bonchev–Trinajstić information content (AvgIpc) is 2.70. The lowest BCUT2D eigenvalue weighted by Crippen LogP contribution is -2.41. The van der Waals surface area contributed by atoms with Gasteiger partial charge in [-0.1, -0.05) is 6.92 Å². The molecular weight excluding hydrogens is 220 g/mol. The molecule has 17 heavy (non-hydrogen) atoms. The molecule has 2 rings (SSSR count). The highest BCUT2D eigenvalue weighted by molar-refractivity contribution is 5.94. The summed E-state index contributed by atoms with van der Waals surface area (Å²) in [7, 11) is 0. The molecule has 0 spiro atoms. The molecule has 1 aliphatic heterocycles. The summed E-state index contributed by atoms with van der Waals surface area (Å²) in [6.45, 7) is 2.54. The maximum absolute atomic E-state index is 12.2. The van der Waals surface area contributed by atoms with Crippen molar-refractivity contribution in [1.29, 1.82) is 0 Å². The van der Waals surface area contributed by atoms with Crippen LogP contribution in [0.1, 0.15) is 23.7 Å². The second-order valence-electron chi connectivity index (χ2n) is 4.43. The van der Waals surface area contributed by atoms with Crippen LogP contribution in [0, 0.1) is 5.92 Å². The molecule has 1 aliphatic rings. The SMILES string of the molecule is CC1CCN(C(=O)c2ccc[nH]c2=O)C1CO. The molecule has 2 heterocycles. The van der Waals surface area contributed by atoms with Crippen LogP contribution < -0.4 is 5.56 Å². The molecule has 0 saturated carbocycles. The fraction of sp³-hybridized carbons (Fsp3) is 0.500. The van der Waals surface area contributed by atoms with Crippen molar-refractivity contribution in [2.24, 2.45) is 5.92 Å². The molecule has 2 unspecified atom stereocenters. The van der Waals surface area contributed by atoms with Crippen molar-refractivity contribution in [3.8, 4) is 0 Å². The van der Waals surface area contributed by atoms with Crippen molar-refractivity contribution in [2.45, 2.75) is 19.4 Å². The number of H-pyrrole nitrogens is 1. The predicted molar refractivity (Wildman–Crippen MR) is 62.8 cm³/mol. The molecule has 1 aromatic rings. The number of carbonyl (C=O) groups is 1. The molecule has 2 N–H and O–H groups in total. The Morgan fingerprint density at radius 3 is 3.06 bits per heavy atom. The lowest BCUT2D eigenvalue weighted by Gasteiger charge is -2.24. The molecule has 1 fully saturated rings. The molecule has 1 aromatic heterocycles. The number of hydrogen-bond donors (Lipinski definition) is 2. The zero-order valence-corrected chi connectivity index (χ0v) is 9.72. The summed E-state index contributed by atoms with van der Waals surface area (Å²) in [5.74, 6) is -0.0259. The third-order valence-corrected chi connectivity index (χ3v) is 3.38. The second-order valence-corrected chi connectivity index (χ2v) is 4.43. The van der Waals surface area contributed by atoms with Crippen LogP contribution in [-0.2, 0) is 0 Å². The first-order valence-electron chi connectivity index (χ1n) is 5.74. The molecule has 2 atom stereocenters. The number of carbonyl (C=O) groups excluding carboxylic acids is 1. The van der Waals surface area contributed by atoms with Gasteiger partial charge in [-0.25, -0.2) is 0 Å². The Bertz CT molecular complexity index is 469. The van der Waals surface area contributed by atoms with E-state index in [0.717, 1.165) is 6.42 Å². The van der Waals surface area contributed by atoms with Crippen LogP contribution >= 0.6 is 0 Å². The van der Waals surface area contributed by atoms with Crippen LogP contribution in [0.4, 0.5) is 0 Å². The van der Waals surface area contributed by atoms with Crippen molar-refractivity contribution in [3.05, 3.63) is 34.2 Å². The number of amides is 1. The molecule has 5 nitrogen and oxygen atoms in total. The van der Waals surface area contributed by atoms with E-state index in [-0.39, 0.29) is 35.6 Å². The van der Waals surface area contributed by atoms with Gasteiger partial charge >= 0.3 is 0 Å². The van der Waals surface area contributed by atoms with E-state index in [0.29, 0.717) is 6.54 Å². The number of hydrogen-bond acceptors (Lipinski definition) is 3. The highest BCUT2D eigenvalue weighted by atomic mass is 16.3. The summed E-state index contributed by atoms with van der Waals surface area (Å²) >= 11 is 0. The van der Waals surface area contributed by atoms with Gasteiger partial charge in [-0.2, -0.15) is 0 Å². The van der Waals surface area contributed by atoms with Gasteiger partial charge < -0.3 is 15.0 Å². The van der Waals surface area contributed by atoms with Crippen LogP contribution in [-0.4, -0.2) is 40.1 Å². The smallest absolute Gasteiger partial charge is 0.260 e. The molecule has 92 valence electrons. The van der Waals surface area contributed by atoms with Gasteiger partial charge in [-0.15, -0.1) is 0 Å². The van der Waals surface area contributed by atoms with E-state index >= 15 is 0 Å². The first kappa shape index (κ1) is 11.9. The minimum absolute atomic E-state index is 0.0579. The monoisotopic (exact) mass is 236 g/mol. The van der Waals surface area contributed by atoms with Crippen LogP contribution in [0.15, 0.2) is 23.1 Å². The molecular formula is C12H16N2O3. The molecule has 0 aromatic carbocycles. The van der Waals surface area contributed by atoms with E-state index in [9.17, 15) is 14.7 Å². The first-order valence-corrected chi connectivity index (χ1v) is 5.74. The number of pyridine rings is 1. The Morgan fingerprint density at radius 2 is 2.41 bits per heavy atom. The Hall–Kier alpha value is -1.62. The van der Waals surface area contributed by atoms with E-state index in [2.05, 4.69) is 4.98 Å². The van der Waals surface area contributed by atoms with Gasteiger partial charge in [-0.05, 0) is 24.5 Å². The number of aromatic amines is 1. The maximum atomic E-state index is 12.2. The minimum atomic E-state index is -0.381. The third kappa shape index (κ3) is 2.10. The fourth-order valence-corrected chi connectivity index (χ4v) is 2.28. The molecule has 0 radical (unpaired) electrons. The van der Waals surface area contributed by atoms with E-state index < -0.39 is 0 Å². The lowest BCUT2D eigenvalue weighted by atomic mass is 10.0. The maximum Gasteiger partial charge on any atom is 0.260 e. The first-order chi connectivity index (χ1) is 8.15. The largest absolute Gasteiger partial charge is 0.394 e. The van der Waals surface area contributed by atoms with Crippen molar-refractivity contribution < 1.29 is 9.90 Å². The molecule has 1 amide bonds. The number of nitrogens with one attached hydrogen (secondary N) is 1. The van der Waals surface area contributed by atoms with E-state index in [1.54, 1.807) is 11.0 Å². The second kappa shape index (κ2) is 4.71. The predicted octanol–water partition coefficient (Wildman–Crippen LogP) is 0.218. The van der Waals surface area contributed by atoms with E-state index in [1.807, 2.05) is 6.92 Å². The quantitative estimate of drug-likeness (QED) is 0.771. The Labute approximate surface area is 99.1 Å². The zero-order valence-electron chi connectivity index (χ0n) is 9.72. The number of aromatic nitrogens is 1. The topological polar surface area (TPSA) is 73.4 Å². The van der Waals surface area contributed by atoms with Gasteiger partial charge in [0.15, 0.2) is 0 Å². The normalized spacial score (nSPS) is 24.0. The van der Waals surface area contributed by atoms with Crippen LogP contribution in [0.25, 0.3) is 0 Å². The summed E-state index contributed by atoms with van der Waals surface area (Å²) < 4.78 is 0. The minimum Gasteiger partial charge on any atom is -0.394 e. The molecule has 0 aliphatic carbocycles. The van der Waals surface area contributed by atoms with Crippen LogP contribution in [0.2, 0.25) is 0 Å². The third-order valence-electron chi connectivity index (χ3n) is 3.38. The lowest BCUT2D eigenvalue weighted by molar-refractivity contribution is 0.0646. The fourth-order valence-electron chi connectivity index (χ4n) is 2.28. The molecule has 5 heteroatoms. The van der Waals surface area contributed by atoms with Crippen molar-refractivity contribution in [2.75, 3.05) is 13.2 Å². The van der Waals surface area contributed by atoms with Gasteiger partial charge in [0.2, 0.25) is 0 Å². The van der Waals surface area contributed by atoms with Gasteiger partial charge in [0.1, 0.15) is 5.56 Å². The number of aliphatic hydroxyl groups is 1. The average molecular weight is 236 g/mol. The van der Waals surface area contributed by atoms with Crippen LogP contribution in [0.3, 0.4) is 0 Å².